The number of benzene rings is 2. The maximum absolute atomic E-state index is 4.90. The van der Waals surface area contributed by atoms with E-state index in [4.69, 9.17) is 4.74 Å². The summed E-state index contributed by atoms with van der Waals surface area (Å²) in [6.45, 7) is 8.18. The molecule has 0 spiro atoms. The van der Waals surface area contributed by atoms with Crippen LogP contribution < -0.4 is 0 Å². The molecule has 0 amide bonds. The van der Waals surface area contributed by atoms with Crippen LogP contribution in [0.5, 0.6) is 0 Å². The summed E-state index contributed by atoms with van der Waals surface area (Å²) in [5.41, 5.74) is 2.55. The van der Waals surface area contributed by atoms with E-state index in [1.807, 2.05) is 12.1 Å². The summed E-state index contributed by atoms with van der Waals surface area (Å²) in [4.78, 5) is 0. The molecule has 0 saturated heterocycles. The summed E-state index contributed by atoms with van der Waals surface area (Å²) in [5.74, 6) is 0. The molecule has 0 aliphatic carbocycles. The normalized spacial score (nSPS) is 8.60. The van der Waals surface area contributed by atoms with Crippen molar-refractivity contribution in [3.05, 3.63) is 86.0 Å². The SMILES string of the molecule is C=CCOCC=C.[CaH2].c1ccc(-c2ccccc2)cc1. The minimum atomic E-state index is 0. The van der Waals surface area contributed by atoms with E-state index >= 15 is 0 Å². The van der Waals surface area contributed by atoms with Crippen molar-refractivity contribution >= 4 is 37.7 Å². The quantitative estimate of drug-likeness (QED) is 0.463. The van der Waals surface area contributed by atoms with E-state index < -0.39 is 0 Å². The molecular weight excluding hydrogens is 272 g/mol. The molecule has 0 N–H and O–H groups in total. The maximum Gasteiger partial charge on any atom is -0.0184 e. The Labute approximate surface area is 152 Å². The van der Waals surface area contributed by atoms with Gasteiger partial charge in [-0.3, -0.25) is 0 Å². The van der Waals surface area contributed by atoms with E-state index in [-0.39, 0.29) is 37.7 Å². The summed E-state index contributed by atoms with van der Waals surface area (Å²) >= 11 is 0. The van der Waals surface area contributed by atoms with Crippen LogP contribution in [0.4, 0.5) is 0 Å². The first-order valence-electron chi connectivity index (χ1n) is 6.28. The van der Waals surface area contributed by atoms with Crippen LogP contribution in [0.2, 0.25) is 0 Å². The van der Waals surface area contributed by atoms with Gasteiger partial charge in [0, 0.05) is 0 Å². The molecule has 0 saturated carbocycles. The molecular formula is C18H22CaO. The average molecular weight is 294 g/mol. The Kier molecular flexibility index (Phi) is 12.6. The fraction of sp³-hybridized carbons (Fsp3) is 0.111. The summed E-state index contributed by atoms with van der Waals surface area (Å²) in [6, 6.07) is 20.8. The second-order valence-corrected chi connectivity index (χ2v) is 3.85. The zero-order valence-electron chi connectivity index (χ0n) is 11.2. The van der Waals surface area contributed by atoms with Gasteiger partial charge in [0.1, 0.15) is 0 Å². The summed E-state index contributed by atoms with van der Waals surface area (Å²) in [6.07, 6.45) is 3.42. The minimum absolute atomic E-state index is 0. The Morgan fingerprint density at radius 3 is 1.35 bits per heavy atom. The Morgan fingerprint density at radius 2 is 1.05 bits per heavy atom. The van der Waals surface area contributed by atoms with Crippen LogP contribution in [-0.4, -0.2) is 51.0 Å². The standard InChI is InChI=1S/C12H10.C6H10O.Ca.2H/c1-3-7-11(8-4-1)12-9-5-2-6-10-12;1-3-5-7-6-4-2;;;/h1-10H;3-4H,1-2,5-6H2;;;. The monoisotopic (exact) mass is 294 g/mol. The average Bonchev–Trinajstić information content (AvgIpc) is 2.50. The van der Waals surface area contributed by atoms with Crippen molar-refractivity contribution in [3.63, 3.8) is 0 Å². The van der Waals surface area contributed by atoms with E-state index in [0.29, 0.717) is 13.2 Å². The van der Waals surface area contributed by atoms with Gasteiger partial charge >= 0.3 is 37.7 Å². The topological polar surface area (TPSA) is 9.23 Å². The number of ether oxygens (including phenoxy) is 1. The first-order chi connectivity index (χ1) is 9.38. The first kappa shape index (κ1) is 19.1. The van der Waals surface area contributed by atoms with Gasteiger partial charge in [-0.2, -0.15) is 0 Å². The molecule has 102 valence electrons. The second-order valence-electron chi connectivity index (χ2n) is 3.85. The van der Waals surface area contributed by atoms with E-state index in [0.717, 1.165) is 0 Å². The van der Waals surface area contributed by atoms with Gasteiger partial charge in [0.05, 0.1) is 13.2 Å². The minimum Gasteiger partial charge on any atom is -0.0622 e. The smallest absolute Gasteiger partial charge is 0.0184 e. The molecule has 2 rings (SSSR count). The zero-order chi connectivity index (χ0) is 13.8. The van der Waals surface area contributed by atoms with Crippen molar-refractivity contribution in [1.82, 2.24) is 0 Å². The van der Waals surface area contributed by atoms with Crippen LogP contribution >= 0.6 is 0 Å². The van der Waals surface area contributed by atoms with Gasteiger partial charge in [0.2, 0.25) is 0 Å². The molecule has 0 radical (unpaired) electrons. The molecule has 1 nitrogen and oxygen atoms in total. The molecule has 0 unspecified atom stereocenters. The van der Waals surface area contributed by atoms with Crippen molar-refractivity contribution in [1.29, 1.82) is 0 Å². The number of hydrogen-bond donors (Lipinski definition) is 0. The third-order valence-corrected chi connectivity index (χ3v) is 2.35. The number of rotatable bonds is 5. The Balaban J connectivity index is 0.000000396. The molecule has 0 fully saturated rings. The van der Waals surface area contributed by atoms with E-state index in [1.54, 1.807) is 12.2 Å². The van der Waals surface area contributed by atoms with Crippen LogP contribution in [0.15, 0.2) is 86.0 Å². The van der Waals surface area contributed by atoms with Crippen LogP contribution in [-0.2, 0) is 4.74 Å². The maximum atomic E-state index is 4.90. The third kappa shape index (κ3) is 8.34. The molecule has 0 aliphatic heterocycles. The largest absolute Gasteiger partial charge is 0.0622 e. The number of hydrogen-bond acceptors (Lipinski definition) is 1. The summed E-state index contributed by atoms with van der Waals surface area (Å²) in [5, 5.41) is 0. The molecule has 2 aromatic carbocycles. The third-order valence-electron chi connectivity index (χ3n) is 2.35. The second kappa shape index (κ2) is 13.1. The van der Waals surface area contributed by atoms with Gasteiger partial charge in [-0.05, 0) is 11.1 Å². The molecule has 0 bridgehead atoms. The summed E-state index contributed by atoms with van der Waals surface area (Å²) in [7, 11) is 0. The predicted molar refractivity (Wildman–Crippen MR) is 91.6 cm³/mol. The van der Waals surface area contributed by atoms with Crippen LogP contribution in [0, 0.1) is 0 Å². The predicted octanol–water partition coefficient (Wildman–Crippen LogP) is 3.81. The fourth-order valence-corrected chi connectivity index (χ4v) is 1.50. The molecule has 20 heavy (non-hydrogen) atoms. The van der Waals surface area contributed by atoms with Crippen LogP contribution in [0.1, 0.15) is 0 Å². The van der Waals surface area contributed by atoms with E-state index in [9.17, 15) is 0 Å². The Bertz CT molecular complexity index is 420. The van der Waals surface area contributed by atoms with Gasteiger partial charge in [-0.25, -0.2) is 0 Å². The van der Waals surface area contributed by atoms with Gasteiger partial charge < -0.3 is 4.74 Å². The first-order valence-corrected chi connectivity index (χ1v) is 6.28. The van der Waals surface area contributed by atoms with Crippen molar-refractivity contribution in [2.24, 2.45) is 0 Å². The molecule has 0 aromatic heterocycles. The van der Waals surface area contributed by atoms with E-state index in [1.165, 1.54) is 11.1 Å². The Morgan fingerprint density at radius 1 is 0.700 bits per heavy atom. The molecule has 2 heteroatoms. The summed E-state index contributed by atoms with van der Waals surface area (Å²) < 4.78 is 4.90. The van der Waals surface area contributed by atoms with Crippen molar-refractivity contribution in [3.8, 4) is 11.1 Å². The molecule has 0 aliphatic rings. The van der Waals surface area contributed by atoms with Crippen LogP contribution in [0.3, 0.4) is 0 Å². The molecule has 0 atom stereocenters. The van der Waals surface area contributed by atoms with Gasteiger partial charge in [-0.15, -0.1) is 13.2 Å². The van der Waals surface area contributed by atoms with E-state index in [2.05, 4.69) is 61.7 Å². The van der Waals surface area contributed by atoms with Gasteiger partial charge in [-0.1, -0.05) is 72.8 Å². The van der Waals surface area contributed by atoms with Gasteiger partial charge in [0.25, 0.3) is 0 Å². The molecule has 0 heterocycles. The van der Waals surface area contributed by atoms with Crippen LogP contribution in [0.25, 0.3) is 11.1 Å². The zero-order valence-corrected chi connectivity index (χ0v) is 11.2. The van der Waals surface area contributed by atoms with Crippen molar-refractivity contribution in [2.75, 3.05) is 13.2 Å². The fourth-order valence-electron chi connectivity index (χ4n) is 1.50. The van der Waals surface area contributed by atoms with Crippen molar-refractivity contribution in [2.45, 2.75) is 0 Å². The van der Waals surface area contributed by atoms with Crippen molar-refractivity contribution < 1.29 is 4.74 Å². The Hall–Kier alpha value is -0.860. The molecule has 2 aromatic rings. The van der Waals surface area contributed by atoms with Gasteiger partial charge in [0.15, 0.2) is 0 Å².